The zero-order valence-corrected chi connectivity index (χ0v) is 10.4. The number of halogens is 1. The highest BCUT2D eigenvalue weighted by Crippen LogP contribution is 2.15. The van der Waals surface area contributed by atoms with Crippen molar-refractivity contribution < 1.29 is 14.4 Å². The molecule has 0 aliphatic heterocycles. The Morgan fingerprint density at radius 1 is 1.00 bits per heavy atom. The van der Waals surface area contributed by atoms with Gasteiger partial charge in [-0.3, -0.25) is 0 Å². The van der Waals surface area contributed by atoms with E-state index in [0.29, 0.717) is 0 Å². The number of rotatable bonds is 5. The number of methoxy groups -OCH3 is 1. The largest absolute Gasteiger partial charge is 0.496 e. The van der Waals surface area contributed by atoms with E-state index in [1.54, 1.807) is 7.11 Å². The van der Waals surface area contributed by atoms with E-state index in [1.165, 1.54) is 17.7 Å². The van der Waals surface area contributed by atoms with E-state index in [2.05, 4.69) is 11.4 Å². The summed E-state index contributed by atoms with van der Waals surface area (Å²) in [6, 6.07) is 14.6. The van der Waals surface area contributed by atoms with Crippen molar-refractivity contribution in [2.45, 2.75) is 13.1 Å². The number of hydrogen-bond acceptors (Lipinski definition) is 1. The maximum Gasteiger partial charge on any atom is 0.127 e. The summed E-state index contributed by atoms with van der Waals surface area (Å²) >= 11 is 0. The zero-order valence-electron chi connectivity index (χ0n) is 10.4. The topological polar surface area (TPSA) is 25.8 Å². The molecule has 0 aliphatic rings. The first-order valence-electron chi connectivity index (χ1n) is 5.97. The Hall–Kier alpha value is -1.87. The molecular formula is C15H17FNO+. The summed E-state index contributed by atoms with van der Waals surface area (Å²) in [6.45, 7) is 1.68. The molecule has 2 N–H and O–H groups in total. The average molecular weight is 246 g/mol. The second kappa shape index (κ2) is 6.17. The van der Waals surface area contributed by atoms with Crippen LogP contribution in [-0.2, 0) is 13.1 Å². The molecule has 0 aromatic heterocycles. The lowest BCUT2D eigenvalue weighted by Crippen LogP contribution is -2.80. The smallest absolute Gasteiger partial charge is 0.127 e. The summed E-state index contributed by atoms with van der Waals surface area (Å²) in [7, 11) is 1.68. The van der Waals surface area contributed by atoms with E-state index in [-0.39, 0.29) is 5.82 Å². The number of ether oxygens (including phenoxy) is 1. The fourth-order valence-electron chi connectivity index (χ4n) is 1.89. The standard InChI is InChI=1S/C15H16FNO/c1-18-15-5-3-2-4-13(15)11-17-10-12-6-8-14(16)9-7-12/h2-9,17H,10-11H2,1H3/p+1. The first-order valence-corrected chi connectivity index (χ1v) is 5.97. The van der Waals surface area contributed by atoms with Gasteiger partial charge in [0.15, 0.2) is 0 Å². The van der Waals surface area contributed by atoms with Gasteiger partial charge in [0.25, 0.3) is 0 Å². The molecule has 18 heavy (non-hydrogen) atoms. The Morgan fingerprint density at radius 3 is 2.44 bits per heavy atom. The van der Waals surface area contributed by atoms with Crippen molar-refractivity contribution in [3.8, 4) is 5.75 Å². The van der Waals surface area contributed by atoms with Crippen molar-refractivity contribution >= 4 is 0 Å². The van der Waals surface area contributed by atoms with Crippen LogP contribution in [0.3, 0.4) is 0 Å². The van der Waals surface area contributed by atoms with Gasteiger partial charge in [0.05, 0.1) is 7.11 Å². The molecule has 0 spiro atoms. The van der Waals surface area contributed by atoms with Gasteiger partial charge in [-0.2, -0.15) is 0 Å². The summed E-state index contributed by atoms with van der Waals surface area (Å²) < 4.78 is 18.0. The molecule has 0 aliphatic carbocycles. The predicted molar refractivity (Wildman–Crippen MR) is 68.7 cm³/mol. The van der Waals surface area contributed by atoms with Gasteiger partial charge >= 0.3 is 0 Å². The first-order chi connectivity index (χ1) is 8.79. The normalized spacial score (nSPS) is 10.3. The van der Waals surface area contributed by atoms with E-state index in [0.717, 1.165) is 24.4 Å². The molecule has 0 atom stereocenters. The molecule has 2 nitrogen and oxygen atoms in total. The molecule has 0 fully saturated rings. The number of para-hydroxylation sites is 1. The molecule has 2 rings (SSSR count). The average Bonchev–Trinajstić information content (AvgIpc) is 2.41. The van der Waals surface area contributed by atoms with Gasteiger partial charge in [-0.15, -0.1) is 0 Å². The molecule has 0 amide bonds. The van der Waals surface area contributed by atoms with Crippen LogP contribution in [0.4, 0.5) is 4.39 Å². The summed E-state index contributed by atoms with van der Waals surface area (Å²) in [4.78, 5) is 0. The molecule has 94 valence electrons. The maximum atomic E-state index is 12.7. The van der Waals surface area contributed by atoms with Crippen LogP contribution >= 0.6 is 0 Å². The summed E-state index contributed by atoms with van der Waals surface area (Å²) in [6.07, 6.45) is 0. The summed E-state index contributed by atoms with van der Waals surface area (Å²) in [5.74, 6) is 0.719. The fraction of sp³-hybridized carbons (Fsp3) is 0.200. The highest BCUT2D eigenvalue weighted by atomic mass is 19.1. The molecule has 0 unspecified atom stereocenters. The molecule has 0 heterocycles. The van der Waals surface area contributed by atoms with Gasteiger partial charge < -0.3 is 10.1 Å². The Labute approximate surface area is 106 Å². The molecule has 0 saturated carbocycles. The molecule has 2 aromatic rings. The van der Waals surface area contributed by atoms with Crippen molar-refractivity contribution in [1.29, 1.82) is 0 Å². The van der Waals surface area contributed by atoms with Crippen molar-refractivity contribution in [3.05, 3.63) is 65.5 Å². The Bertz CT molecular complexity index is 496. The van der Waals surface area contributed by atoms with Gasteiger partial charge in [0.2, 0.25) is 0 Å². The zero-order chi connectivity index (χ0) is 12.8. The Balaban J connectivity index is 1.90. The number of quaternary nitrogens is 1. The second-order valence-corrected chi connectivity index (χ2v) is 4.14. The first kappa shape index (κ1) is 12.6. The van der Waals surface area contributed by atoms with Crippen molar-refractivity contribution in [2.75, 3.05) is 7.11 Å². The predicted octanol–water partition coefficient (Wildman–Crippen LogP) is 2.10. The molecule has 0 radical (unpaired) electrons. The fourth-order valence-corrected chi connectivity index (χ4v) is 1.89. The van der Waals surface area contributed by atoms with E-state index < -0.39 is 0 Å². The van der Waals surface area contributed by atoms with Gasteiger partial charge in [0.1, 0.15) is 24.7 Å². The van der Waals surface area contributed by atoms with Gasteiger partial charge in [-0.25, -0.2) is 4.39 Å². The summed E-state index contributed by atoms with van der Waals surface area (Å²) in [5.41, 5.74) is 2.29. The van der Waals surface area contributed by atoms with Crippen LogP contribution in [0.1, 0.15) is 11.1 Å². The number of nitrogens with two attached hydrogens (primary N) is 1. The van der Waals surface area contributed by atoms with Crippen molar-refractivity contribution in [2.24, 2.45) is 0 Å². The van der Waals surface area contributed by atoms with Crippen LogP contribution < -0.4 is 10.1 Å². The lowest BCUT2D eigenvalue weighted by atomic mass is 10.2. The van der Waals surface area contributed by atoms with E-state index >= 15 is 0 Å². The highest BCUT2D eigenvalue weighted by Gasteiger charge is 2.03. The lowest BCUT2D eigenvalue weighted by molar-refractivity contribution is -0.686. The van der Waals surface area contributed by atoms with Crippen LogP contribution in [0.5, 0.6) is 5.75 Å². The van der Waals surface area contributed by atoms with Crippen molar-refractivity contribution in [1.82, 2.24) is 0 Å². The minimum Gasteiger partial charge on any atom is -0.496 e. The molecular weight excluding hydrogens is 229 g/mol. The maximum absolute atomic E-state index is 12.7. The highest BCUT2D eigenvalue weighted by molar-refractivity contribution is 5.32. The number of hydrogen-bond donors (Lipinski definition) is 1. The van der Waals surface area contributed by atoms with Crippen LogP contribution in [0, 0.1) is 5.82 Å². The minimum absolute atomic E-state index is 0.191. The molecule has 2 aromatic carbocycles. The third-order valence-corrected chi connectivity index (χ3v) is 2.85. The quantitative estimate of drug-likeness (QED) is 0.859. The number of benzene rings is 2. The Morgan fingerprint density at radius 2 is 1.72 bits per heavy atom. The van der Waals surface area contributed by atoms with Crippen LogP contribution in [0.2, 0.25) is 0 Å². The minimum atomic E-state index is -0.191. The van der Waals surface area contributed by atoms with Gasteiger partial charge in [-0.1, -0.05) is 24.3 Å². The Kier molecular flexibility index (Phi) is 4.31. The molecule has 0 bridgehead atoms. The van der Waals surface area contributed by atoms with Crippen molar-refractivity contribution in [3.63, 3.8) is 0 Å². The van der Waals surface area contributed by atoms with Gasteiger partial charge in [0, 0.05) is 11.1 Å². The second-order valence-electron chi connectivity index (χ2n) is 4.14. The van der Waals surface area contributed by atoms with E-state index in [1.807, 2.05) is 30.3 Å². The molecule has 0 saturated heterocycles. The van der Waals surface area contributed by atoms with Crippen LogP contribution in [0.15, 0.2) is 48.5 Å². The van der Waals surface area contributed by atoms with E-state index in [9.17, 15) is 4.39 Å². The molecule has 3 heteroatoms. The third-order valence-electron chi connectivity index (χ3n) is 2.85. The van der Waals surface area contributed by atoms with Gasteiger partial charge in [-0.05, 0) is 24.3 Å². The SMILES string of the molecule is COc1ccccc1C[NH2+]Cc1ccc(F)cc1. The lowest BCUT2D eigenvalue weighted by Gasteiger charge is -2.07. The monoisotopic (exact) mass is 246 g/mol. The van der Waals surface area contributed by atoms with Crippen LogP contribution in [0.25, 0.3) is 0 Å². The van der Waals surface area contributed by atoms with E-state index in [4.69, 9.17) is 4.74 Å². The van der Waals surface area contributed by atoms with Crippen LogP contribution in [-0.4, -0.2) is 7.11 Å². The summed E-state index contributed by atoms with van der Waals surface area (Å²) in [5, 5.41) is 2.17. The third kappa shape index (κ3) is 3.31.